The van der Waals surface area contributed by atoms with Crippen molar-refractivity contribution in [2.75, 3.05) is 13.1 Å². The molecule has 2 atom stereocenters. The lowest BCUT2D eigenvalue weighted by Gasteiger charge is -2.33. The second kappa shape index (κ2) is 4.56. The Morgan fingerprint density at radius 2 is 1.56 bits per heavy atom. The SMILES string of the molecule is Cc1cc(C)c(C2NCCNC2C)c(C)c1. The van der Waals surface area contributed by atoms with Crippen LogP contribution in [0.15, 0.2) is 12.1 Å². The molecule has 16 heavy (non-hydrogen) atoms. The third-order valence-electron chi connectivity index (χ3n) is 3.50. The van der Waals surface area contributed by atoms with E-state index in [2.05, 4.69) is 50.5 Å². The van der Waals surface area contributed by atoms with Crippen LogP contribution in [0.1, 0.15) is 35.2 Å². The Morgan fingerprint density at radius 1 is 1.00 bits per heavy atom. The van der Waals surface area contributed by atoms with Crippen LogP contribution in [-0.2, 0) is 0 Å². The maximum Gasteiger partial charge on any atom is 0.0478 e. The molecule has 1 aliphatic rings. The number of hydrogen-bond donors (Lipinski definition) is 2. The molecule has 0 radical (unpaired) electrons. The van der Waals surface area contributed by atoms with Gasteiger partial charge in [-0.1, -0.05) is 17.7 Å². The quantitative estimate of drug-likeness (QED) is 0.755. The molecule has 2 nitrogen and oxygen atoms in total. The van der Waals surface area contributed by atoms with Gasteiger partial charge >= 0.3 is 0 Å². The molecule has 2 rings (SSSR count). The summed E-state index contributed by atoms with van der Waals surface area (Å²) in [6, 6.07) is 5.53. The van der Waals surface area contributed by atoms with E-state index in [1.165, 1.54) is 22.3 Å². The van der Waals surface area contributed by atoms with E-state index in [4.69, 9.17) is 0 Å². The summed E-state index contributed by atoms with van der Waals surface area (Å²) in [6.45, 7) is 11.0. The Morgan fingerprint density at radius 3 is 2.12 bits per heavy atom. The molecule has 1 heterocycles. The number of aryl methyl sites for hydroxylation is 3. The van der Waals surface area contributed by atoms with Crippen LogP contribution >= 0.6 is 0 Å². The average Bonchev–Trinajstić information content (AvgIpc) is 2.19. The molecule has 1 aromatic rings. The molecule has 1 aliphatic heterocycles. The molecule has 0 saturated carbocycles. The number of piperazine rings is 1. The summed E-state index contributed by atoms with van der Waals surface area (Å²) in [4.78, 5) is 0. The largest absolute Gasteiger partial charge is 0.311 e. The third-order valence-corrected chi connectivity index (χ3v) is 3.50. The normalized spacial score (nSPS) is 25.8. The lowest BCUT2D eigenvalue weighted by Crippen LogP contribution is -2.49. The molecular formula is C14H22N2. The summed E-state index contributed by atoms with van der Waals surface area (Å²) in [7, 11) is 0. The smallest absolute Gasteiger partial charge is 0.0478 e. The maximum atomic E-state index is 3.62. The van der Waals surface area contributed by atoms with Gasteiger partial charge in [0.05, 0.1) is 0 Å². The summed E-state index contributed by atoms with van der Waals surface area (Å²) in [5.74, 6) is 0. The van der Waals surface area contributed by atoms with Crippen LogP contribution in [0.25, 0.3) is 0 Å². The van der Waals surface area contributed by atoms with Crippen LogP contribution in [0, 0.1) is 20.8 Å². The van der Waals surface area contributed by atoms with Gasteiger partial charge in [0, 0.05) is 25.2 Å². The van der Waals surface area contributed by atoms with E-state index in [-0.39, 0.29) is 0 Å². The highest BCUT2D eigenvalue weighted by atomic mass is 15.1. The Bertz CT molecular complexity index is 361. The number of benzene rings is 1. The van der Waals surface area contributed by atoms with E-state index in [0.29, 0.717) is 12.1 Å². The molecule has 1 saturated heterocycles. The van der Waals surface area contributed by atoms with Crippen molar-refractivity contribution >= 4 is 0 Å². The van der Waals surface area contributed by atoms with Crippen LogP contribution in [0.3, 0.4) is 0 Å². The van der Waals surface area contributed by atoms with E-state index in [9.17, 15) is 0 Å². The van der Waals surface area contributed by atoms with Crippen molar-refractivity contribution in [1.29, 1.82) is 0 Å². The van der Waals surface area contributed by atoms with Crippen LogP contribution in [0.2, 0.25) is 0 Å². The van der Waals surface area contributed by atoms with E-state index >= 15 is 0 Å². The van der Waals surface area contributed by atoms with Crippen molar-refractivity contribution in [3.05, 3.63) is 34.4 Å². The van der Waals surface area contributed by atoms with Gasteiger partial charge < -0.3 is 10.6 Å². The molecule has 88 valence electrons. The third kappa shape index (κ3) is 2.13. The molecule has 0 amide bonds. The molecule has 0 aromatic heterocycles. The molecule has 0 aliphatic carbocycles. The lowest BCUT2D eigenvalue weighted by atomic mass is 9.89. The second-order valence-electron chi connectivity index (χ2n) is 4.99. The van der Waals surface area contributed by atoms with Crippen molar-refractivity contribution in [3.8, 4) is 0 Å². The predicted octanol–water partition coefficient (Wildman–Crippen LogP) is 2.23. The topological polar surface area (TPSA) is 24.1 Å². The summed E-state index contributed by atoms with van der Waals surface area (Å²) in [6.07, 6.45) is 0. The van der Waals surface area contributed by atoms with E-state index in [0.717, 1.165) is 13.1 Å². The van der Waals surface area contributed by atoms with Gasteiger partial charge in [0.1, 0.15) is 0 Å². The van der Waals surface area contributed by atoms with Crippen molar-refractivity contribution in [3.63, 3.8) is 0 Å². The fourth-order valence-corrected chi connectivity index (χ4v) is 2.86. The molecular weight excluding hydrogens is 196 g/mol. The van der Waals surface area contributed by atoms with Gasteiger partial charge in [-0.25, -0.2) is 0 Å². The van der Waals surface area contributed by atoms with Gasteiger partial charge in [-0.05, 0) is 44.4 Å². The highest BCUT2D eigenvalue weighted by Crippen LogP contribution is 2.26. The Labute approximate surface area is 98.4 Å². The number of nitrogens with one attached hydrogen (secondary N) is 2. The van der Waals surface area contributed by atoms with Gasteiger partial charge in [0.25, 0.3) is 0 Å². The summed E-state index contributed by atoms with van der Waals surface area (Å²) in [5.41, 5.74) is 5.65. The highest BCUT2D eigenvalue weighted by molar-refractivity contribution is 5.40. The van der Waals surface area contributed by atoms with Crippen molar-refractivity contribution in [2.24, 2.45) is 0 Å². The molecule has 2 N–H and O–H groups in total. The second-order valence-corrected chi connectivity index (χ2v) is 4.99. The predicted molar refractivity (Wildman–Crippen MR) is 68.9 cm³/mol. The summed E-state index contributed by atoms with van der Waals surface area (Å²) in [5, 5.41) is 7.16. The van der Waals surface area contributed by atoms with Crippen molar-refractivity contribution in [2.45, 2.75) is 39.8 Å². The van der Waals surface area contributed by atoms with Gasteiger partial charge in [-0.15, -0.1) is 0 Å². The van der Waals surface area contributed by atoms with Crippen LogP contribution in [0.5, 0.6) is 0 Å². The first kappa shape index (κ1) is 11.6. The molecule has 1 aromatic carbocycles. The zero-order valence-corrected chi connectivity index (χ0v) is 10.7. The molecule has 2 heteroatoms. The number of hydrogen-bond acceptors (Lipinski definition) is 2. The first-order valence-corrected chi connectivity index (χ1v) is 6.14. The maximum absolute atomic E-state index is 3.62. The fourth-order valence-electron chi connectivity index (χ4n) is 2.86. The van der Waals surface area contributed by atoms with E-state index in [1.54, 1.807) is 0 Å². The van der Waals surface area contributed by atoms with Gasteiger partial charge in [-0.2, -0.15) is 0 Å². The lowest BCUT2D eigenvalue weighted by molar-refractivity contribution is 0.343. The highest BCUT2D eigenvalue weighted by Gasteiger charge is 2.24. The monoisotopic (exact) mass is 218 g/mol. The zero-order valence-electron chi connectivity index (χ0n) is 10.7. The standard InChI is InChI=1S/C14H22N2/c1-9-7-10(2)13(11(3)8-9)14-12(4)15-5-6-16-14/h7-8,12,14-16H,5-6H2,1-4H3. The van der Waals surface area contributed by atoms with Crippen LogP contribution < -0.4 is 10.6 Å². The molecule has 1 fully saturated rings. The van der Waals surface area contributed by atoms with Gasteiger partial charge in [-0.3, -0.25) is 0 Å². The molecule has 0 bridgehead atoms. The minimum atomic E-state index is 0.453. The van der Waals surface area contributed by atoms with Crippen molar-refractivity contribution < 1.29 is 0 Å². The minimum Gasteiger partial charge on any atom is -0.311 e. The zero-order chi connectivity index (χ0) is 11.7. The fraction of sp³-hybridized carbons (Fsp3) is 0.571. The summed E-state index contributed by atoms with van der Waals surface area (Å²) >= 11 is 0. The first-order valence-electron chi connectivity index (χ1n) is 6.14. The van der Waals surface area contributed by atoms with Gasteiger partial charge in [0.15, 0.2) is 0 Å². The first-order chi connectivity index (χ1) is 7.59. The Balaban J connectivity index is 2.38. The Kier molecular flexibility index (Phi) is 3.31. The van der Waals surface area contributed by atoms with Gasteiger partial charge in [0.2, 0.25) is 0 Å². The van der Waals surface area contributed by atoms with Crippen LogP contribution in [-0.4, -0.2) is 19.1 Å². The summed E-state index contributed by atoms with van der Waals surface area (Å²) < 4.78 is 0. The minimum absolute atomic E-state index is 0.453. The molecule has 2 unspecified atom stereocenters. The Hall–Kier alpha value is -0.860. The van der Waals surface area contributed by atoms with Crippen molar-refractivity contribution in [1.82, 2.24) is 10.6 Å². The number of rotatable bonds is 1. The van der Waals surface area contributed by atoms with Crippen LogP contribution in [0.4, 0.5) is 0 Å². The van der Waals surface area contributed by atoms with E-state index < -0.39 is 0 Å². The average molecular weight is 218 g/mol. The molecule has 0 spiro atoms. The van der Waals surface area contributed by atoms with E-state index in [1.807, 2.05) is 0 Å².